The van der Waals surface area contributed by atoms with Gasteiger partial charge < -0.3 is 14.8 Å². The Morgan fingerprint density at radius 3 is 2.50 bits per heavy atom. The number of halogens is 3. The molecule has 0 aliphatic carbocycles. The second-order valence-electron chi connectivity index (χ2n) is 4.56. The van der Waals surface area contributed by atoms with E-state index in [0.29, 0.717) is 27.8 Å². The Kier molecular flexibility index (Phi) is 6.16. The average molecular weight is 386 g/mol. The molecule has 0 aliphatic heterocycles. The fourth-order valence-corrected chi connectivity index (χ4v) is 2.40. The molecule has 0 aromatic heterocycles. The highest BCUT2D eigenvalue weighted by Crippen LogP contribution is 2.32. The van der Waals surface area contributed by atoms with Crippen LogP contribution < -0.4 is 14.8 Å². The maximum Gasteiger partial charge on any atom is 0.262 e. The predicted molar refractivity (Wildman–Crippen MR) is 93.3 cm³/mol. The highest BCUT2D eigenvalue weighted by atomic mass is 35.5. The summed E-state index contributed by atoms with van der Waals surface area (Å²) in [5, 5.41) is 12.2. The van der Waals surface area contributed by atoms with E-state index in [1.54, 1.807) is 12.1 Å². The SMILES string of the molecule is COc1cc(C#N)ccc1OCC(=O)Nc1cc(Cl)c(Cl)cc1Cl. The number of nitrogens with zero attached hydrogens (tertiary/aromatic N) is 1. The maximum atomic E-state index is 12.0. The number of carbonyl (C=O) groups excluding carboxylic acids is 1. The zero-order valence-electron chi connectivity index (χ0n) is 12.4. The standard InChI is InChI=1S/C16H11Cl3N2O3/c1-23-15-4-9(7-20)2-3-14(15)24-8-16(22)21-13-6-11(18)10(17)5-12(13)19/h2-6H,8H2,1H3,(H,21,22). The highest BCUT2D eigenvalue weighted by Gasteiger charge is 2.12. The van der Waals surface area contributed by atoms with Crippen molar-refractivity contribution in [3.05, 3.63) is 51.0 Å². The lowest BCUT2D eigenvalue weighted by Crippen LogP contribution is -2.20. The van der Waals surface area contributed by atoms with Crippen molar-refractivity contribution in [2.75, 3.05) is 19.0 Å². The number of amides is 1. The van der Waals surface area contributed by atoms with Gasteiger partial charge in [0.2, 0.25) is 0 Å². The van der Waals surface area contributed by atoms with E-state index in [4.69, 9.17) is 49.5 Å². The van der Waals surface area contributed by atoms with Crippen LogP contribution in [-0.2, 0) is 4.79 Å². The number of benzene rings is 2. The molecule has 0 fully saturated rings. The van der Waals surface area contributed by atoms with E-state index in [0.717, 1.165) is 0 Å². The third-order valence-electron chi connectivity index (χ3n) is 2.94. The molecule has 0 heterocycles. The van der Waals surface area contributed by atoms with E-state index in [2.05, 4.69) is 5.32 Å². The third kappa shape index (κ3) is 4.45. The van der Waals surface area contributed by atoms with E-state index >= 15 is 0 Å². The van der Waals surface area contributed by atoms with Gasteiger partial charge in [0.15, 0.2) is 18.1 Å². The summed E-state index contributed by atoms with van der Waals surface area (Å²) in [5.74, 6) is 0.253. The number of nitriles is 1. The van der Waals surface area contributed by atoms with E-state index < -0.39 is 5.91 Å². The van der Waals surface area contributed by atoms with E-state index in [1.165, 1.54) is 25.3 Å². The Bertz CT molecular complexity index is 819. The summed E-state index contributed by atoms with van der Waals surface area (Å²) in [6, 6.07) is 9.51. The van der Waals surface area contributed by atoms with Crippen LogP contribution in [0.4, 0.5) is 5.69 Å². The van der Waals surface area contributed by atoms with Gasteiger partial charge in [0.25, 0.3) is 5.91 Å². The number of rotatable bonds is 5. The van der Waals surface area contributed by atoms with Crippen LogP contribution >= 0.6 is 34.8 Å². The van der Waals surface area contributed by atoms with Gasteiger partial charge in [-0.1, -0.05) is 34.8 Å². The van der Waals surface area contributed by atoms with Gasteiger partial charge in [-0.2, -0.15) is 5.26 Å². The molecule has 0 atom stereocenters. The molecule has 124 valence electrons. The topological polar surface area (TPSA) is 71.3 Å². The van der Waals surface area contributed by atoms with Crippen LogP contribution in [0.1, 0.15) is 5.56 Å². The van der Waals surface area contributed by atoms with Gasteiger partial charge in [-0.15, -0.1) is 0 Å². The van der Waals surface area contributed by atoms with Crippen molar-refractivity contribution in [1.29, 1.82) is 5.26 Å². The Balaban J connectivity index is 2.04. The van der Waals surface area contributed by atoms with E-state index in [9.17, 15) is 4.79 Å². The zero-order chi connectivity index (χ0) is 17.7. The lowest BCUT2D eigenvalue weighted by Gasteiger charge is -2.12. The number of carbonyl (C=O) groups is 1. The molecule has 0 bridgehead atoms. The quantitative estimate of drug-likeness (QED) is 0.767. The first-order valence-corrected chi connectivity index (χ1v) is 7.73. The van der Waals surface area contributed by atoms with Crippen LogP contribution in [0.15, 0.2) is 30.3 Å². The summed E-state index contributed by atoms with van der Waals surface area (Å²) < 4.78 is 10.5. The molecular formula is C16H11Cl3N2O3. The predicted octanol–water partition coefficient (Wildman–Crippen LogP) is 4.54. The molecule has 2 aromatic carbocycles. The smallest absolute Gasteiger partial charge is 0.262 e. The Labute approximate surface area is 153 Å². The minimum absolute atomic E-state index is 0.258. The maximum absolute atomic E-state index is 12.0. The summed E-state index contributed by atoms with van der Waals surface area (Å²) in [6.07, 6.45) is 0. The summed E-state index contributed by atoms with van der Waals surface area (Å²) in [7, 11) is 1.44. The normalized spacial score (nSPS) is 9.96. The van der Waals surface area contributed by atoms with Crippen molar-refractivity contribution in [3.8, 4) is 17.6 Å². The first-order chi connectivity index (χ1) is 11.4. The monoisotopic (exact) mass is 384 g/mol. The minimum atomic E-state index is -0.443. The van der Waals surface area contributed by atoms with Crippen molar-refractivity contribution in [1.82, 2.24) is 0 Å². The summed E-state index contributed by atoms with van der Waals surface area (Å²) in [6.45, 7) is -0.279. The van der Waals surface area contributed by atoms with Gasteiger partial charge in [-0.25, -0.2) is 0 Å². The molecular weight excluding hydrogens is 375 g/mol. The lowest BCUT2D eigenvalue weighted by molar-refractivity contribution is -0.118. The van der Waals surface area contributed by atoms with Gasteiger partial charge >= 0.3 is 0 Å². The average Bonchev–Trinajstić information content (AvgIpc) is 2.57. The number of hydrogen-bond donors (Lipinski definition) is 1. The minimum Gasteiger partial charge on any atom is -0.493 e. The molecule has 0 aliphatic rings. The molecule has 0 radical (unpaired) electrons. The molecule has 1 amide bonds. The summed E-state index contributed by atoms with van der Waals surface area (Å²) in [5.41, 5.74) is 0.748. The van der Waals surface area contributed by atoms with E-state index in [1.807, 2.05) is 6.07 Å². The summed E-state index contributed by atoms with van der Waals surface area (Å²) in [4.78, 5) is 12.0. The molecule has 0 unspecified atom stereocenters. The second kappa shape index (κ2) is 8.11. The van der Waals surface area contributed by atoms with Crippen molar-refractivity contribution < 1.29 is 14.3 Å². The van der Waals surface area contributed by atoms with Gasteiger partial charge in [-0.05, 0) is 24.3 Å². The largest absolute Gasteiger partial charge is 0.493 e. The van der Waals surface area contributed by atoms with Crippen LogP contribution in [0, 0.1) is 11.3 Å². The number of ether oxygens (including phenoxy) is 2. The lowest BCUT2D eigenvalue weighted by atomic mass is 10.2. The molecule has 8 heteroatoms. The zero-order valence-corrected chi connectivity index (χ0v) is 14.7. The molecule has 5 nitrogen and oxygen atoms in total. The fraction of sp³-hybridized carbons (Fsp3) is 0.125. The van der Waals surface area contributed by atoms with Crippen molar-refractivity contribution in [3.63, 3.8) is 0 Å². The first kappa shape index (κ1) is 18.2. The number of anilines is 1. The number of hydrogen-bond acceptors (Lipinski definition) is 4. The van der Waals surface area contributed by atoms with Crippen LogP contribution in [0.5, 0.6) is 11.5 Å². The van der Waals surface area contributed by atoms with Crippen LogP contribution in [-0.4, -0.2) is 19.6 Å². The molecule has 0 spiro atoms. The number of methoxy groups -OCH3 is 1. The Morgan fingerprint density at radius 2 is 1.83 bits per heavy atom. The molecule has 24 heavy (non-hydrogen) atoms. The van der Waals surface area contributed by atoms with Gasteiger partial charge in [-0.3, -0.25) is 4.79 Å². The van der Waals surface area contributed by atoms with Gasteiger partial charge in [0, 0.05) is 6.07 Å². The molecule has 2 rings (SSSR count). The molecule has 0 saturated heterocycles. The molecule has 1 N–H and O–H groups in total. The van der Waals surface area contributed by atoms with Crippen molar-refractivity contribution in [2.24, 2.45) is 0 Å². The summed E-state index contributed by atoms with van der Waals surface area (Å²) >= 11 is 17.7. The van der Waals surface area contributed by atoms with Crippen molar-refractivity contribution in [2.45, 2.75) is 0 Å². The van der Waals surface area contributed by atoms with Crippen LogP contribution in [0.2, 0.25) is 15.1 Å². The van der Waals surface area contributed by atoms with Crippen molar-refractivity contribution >= 4 is 46.4 Å². The van der Waals surface area contributed by atoms with Gasteiger partial charge in [0.05, 0.1) is 39.5 Å². The fourth-order valence-electron chi connectivity index (χ4n) is 1.80. The molecule has 2 aromatic rings. The van der Waals surface area contributed by atoms with Gasteiger partial charge in [0.1, 0.15) is 0 Å². The number of nitrogens with one attached hydrogen (secondary N) is 1. The third-order valence-corrected chi connectivity index (χ3v) is 3.97. The Hall–Kier alpha value is -2.13. The van der Waals surface area contributed by atoms with Crippen LogP contribution in [0.3, 0.4) is 0 Å². The highest BCUT2D eigenvalue weighted by molar-refractivity contribution is 6.44. The van der Waals surface area contributed by atoms with E-state index in [-0.39, 0.29) is 16.7 Å². The van der Waals surface area contributed by atoms with Crippen LogP contribution in [0.25, 0.3) is 0 Å². The molecule has 0 saturated carbocycles. The second-order valence-corrected chi connectivity index (χ2v) is 5.78. The first-order valence-electron chi connectivity index (χ1n) is 6.60. The Morgan fingerprint density at radius 1 is 1.12 bits per heavy atom.